The van der Waals surface area contributed by atoms with Gasteiger partial charge in [-0.15, -0.1) is 11.3 Å². The highest BCUT2D eigenvalue weighted by molar-refractivity contribution is 9.11. The van der Waals surface area contributed by atoms with Gasteiger partial charge in [-0.3, -0.25) is 0 Å². The Morgan fingerprint density at radius 3 is 1.48 bits per heavy atom. The van der Waals surface area contributed by atoms with E-state index in [0.29, 0.717) is 17.0 Å². The molecule has 12 nitrogen and oxygen atoms in total. The van der Waals surface area contributed by atoms with Crippen molar-refractivity contribution in [3.63, 3.8) is 0 Å². The van der Waals surface area contributed by atoms with Crippen molar-refractivity contribution in [3.05, 3.63) is 150 Å². The second-order valence-electron chi connectivity index (χ2n) is 17.1. The predicted molar refractivity (Wildman–Crippen MR) is 290 cm³/mol. The maximum absolute atomic E-state index is 12.1. The molecular formula is C52H55BrN10O2S4. The number of nitrogens with zero attached hydrogens (tertiary/aromatic N) is 7. The van der Waals surface area contributed by atoms with Crippen molar-refractivity contribution in [2.75, 3.05) is 55.6 Å². The van der Waals surface area contributed by atoms with Crippen LogP contribution < -0.4 is 16.4 Å². The quantitative estimate of drug-likeness (QED) is 0.112. The number of nitrogens with one attached hydrogen (secondary N) is 2. The van der Waals surface area contributed by atoms with Crippen LogP contribution in [0.1, 0.15) is 33.6 Å². The molecular weight excluding hydrogens is 1000 g/mol. The zero-order valence-corrected chi connectivity index (χ0v) is 43.6. The van der Waals surface area contributed by atoms with Crippen LogP contribution in [0.5, 0.6) is 0 Å². The number of amides is 1. The van der Waals surface area contributed by atoms with Crippen LogP contribution in [0.25, 0.3) is 41.8 Å². The number of anilines is 3. The second kappa shape index (κ2) is 25.4. The minimum absolute atomic E-state index is 0.212. The van der Waals surface area contributed by atoms with Crippen molar-refractivity contribution in [1.29, 1.82) is 5.26 Å². The standard InChI is InChI=1S/C19H25N3O2S.C15H16N4S.C9H6BrNS.C9H8N2S/c1-19(2,3)24-18(23)22-10-9-14(13-22)11-20-17-21-12-16(25-17)15-7-5-4-6-8-15;16-11-19-7-6-12(10-19)8-17-15-18-9-14(20-15)13-4-2-1-3-5-13;2*10-9-11-6-8(12-9)7-4-2-1-3-5-7/h4-8,12,14H,9-11,13H2,1-3H3,(H,20,21);1-5,9,12H,6-8,10H2,(H,17,18);1-6H;1-6H,(H2,10,11)/t14-;12-;;/m11../s1. The topological polar surface area (TPSA) is 158 Å². The van der Waals surface area contributed by atoms with Gasteiger partial charge in [0.2, 0.25) is 0 Å². The Bertz CT molecular complexity index is 2730. The molecule has 2 aliphatic rings. The Hall–Kier alpha value is -6.16. The number of nitrogens with two attached hydrogens (primary N) is 1. The molecule has 17 heteroatoms. The van der Waals surface area contributed by atoms with Crippen LogP contribution in [-0.2, 0) is 4.74 Å². The molecule has 0 aliphatic carbocycles. The van der Waals surface area contributed by atoms with Gasteiger partial charge in [0.1, 0.15) is 5.60 Å². The molecule has 69 heavy (non-hydrogen) atoms. The van der Waals surface area contributed by atoms with Crippen molar-refractivity contribution in [2.24, 2.45) is 11.8 Å². The number of hydrogen-bond acceptors (Lipinski definition) is 15. The number of nitriles is 1. The summed E-state index contributed by atoms with van der Waals surface area (Å²) in [6.45, 7) is 10.6. The first-order valence-corrected chi connectivity index (χ1v) is 26.6. The molecule has 0 bridgehead atoms. The van der Waals surface area contributed by atoms with Crippen molar-refractivity contribution in [1.82, 2.24) is 29.7 Å². The van der Waals surface area contributed by atoms with E-state index < -0.39 is 5.60 Å². The largest absolute Gasteiger partial charge is 0.444 e. The molecule has 2 fully saturated rings. The van der Waals surface area contributed by atoms with E-state index in [9.17, 15) is 4.79 Å². The van der Waals surface area contributed by atoms with Crippen LogP contribution in [0.3, 0.4) is 0 Å². The summed E-state index contributed by atoms with van der Waals surface area (Å²) in [6, 6.07) is 40.9. The molecule has 4 N–H and O–H groups in total. The summed E-state index contributed by atoms with van der Waals surface area (Å²) >= 11 is 9.82. The van der Waals surface area contributed by atoms with E-state index in [-0.39, 0.29) is 6.09 Å². The van der Waals surface area contributed by atoms with Crippen LogP contribution in [0.15, 0.2) is 150 Å². The number of aromatic nitrogens is 4. The molecule has 1 amide bonds. The van der Waals surface area contributed by atoms with Gasteiger partial charge in [-0.1, -0.05) is 155 Å². The van der Waals surface area contributed by atoms with Crippen molar-refractivity contribution in [2.45, 2.75) is 39.2 Å². The molecule has 8 aromatic rings. The lowest BCUT2D eigenvalue weighted by Crippen LogP contribution is -2.35. The smallest absolute Gasteiger partial charge is 0.410 e. The highest BCUT2D eigenvalue weighted by atomic mass is 79.9. The summed E-state index contributed by atoms with van der Waals surface area (Å²) in [6.07, 6.45) is 11.6. The average Bonchev–Trinajstić information content (AvgIpc) is 4.25. The van der Waals surface area contributed by atoms with Gasteiger partial charge in [-0.25, -0.2) is 24.7 Å². The molecule has 356 valence electrons. The molecule has 4 aromatic heterocycles. The summed E-state index contributed by atoms with van der Waals surface area (Å²) in [4.78, 5) is 37.4. The number of carbonyl (C=O) groups is 1. The van der Waals surface area contributed by atoms with E-state index in [4.69, 9.17) is 15.7 Å². The zero-order valence-electron chi connectivity index (χ0n) is 38.7. The minimum atomic E-state index is -0.442. The fourth-order valence-electron chi connectivity index (χ4n) is 7.24. The van der Waals surface area contributed by atoms with E-state index >= 15 is 0 Å². The molecule has 10 rings (SSSR count). The van der Waals surface area contributed by atoms with Gasteiger partial charge >= 0.3 is 6.09 Å². The number of nitrogen functional groups attached to an aromatic ring is 1. The van der Waals surface area contributed by atoms with E-state index in [2.05, 4.69) is 89.1 Å². The first-order chi connectivity index (χ1) is 33.5. The van der Waals surface area contributed by atoms with Crippen molar-refractivity contribution >= 4 is 82.8 Å². The fraction of sp³-hybridized carbons (Fsp3) is 0.269. The van der Waals surface area contributed by atoms with Gasteiger partial charge in [0.25, 0.3) is 0 Å². The summed E-state index contributed by atoms with van der Waals surface area (Å²) in [5.74, 6) is 0.968. The summed E-state index contributed by atoms with van der Waals surface area (Å²) in [5.41, 5.74) is 9.87. The molecule has 4 aromatic carbocycles. The zero-order chi connectivity index (χ0) is 48.4. The maximum Gasteiger partial charge on any atom is 0.410 e. The minimum Gasteiger partial charge on any atom is -0.444 e. The summed E-state index contributed by atoms with van der Waals surface area (Å²) < 4.78 is 6.37. The summed E-state index contributed by atoms with van der Waals surface area (Å²) in [5, 5.41) is 18.2. The summed E-state index contributed by atoms with van der Waals surface area (Å²) in [7, 11) is 0. The lowest BCUT2D eigenvalue weighted by atomic mass is 10.1. The third kappa shape index (κ3) is 16.2. The molecule has 0 unspecified atom stereocenters. The van der Waals surface area contributed by atoms with Crippen molar-refractivity contribution < 1.29 is 9.53 Å². The molecule has 0 radical (unpaired) electrons. The Kier molecular flexibility index (Phi) is 18.7. The van der Waals surface area contributed by atoms with Crippen LogP contribution in [0.2, 0.25) is 0 Å². The molecule has 0 spiro atoms. The lowest BCUT2D eigenvalue weighted by molar-refractivity contribution is 0.0289. The van der Waals surface area contributed by atoms with Gasteiger partial charge < -0.3 is 30.9 Å². The van der Waals surface area contributed by atoms with E-state index in [1.165, 1.54) is 43.3 Å². The molecule has 2 aliphatic heterocycles. The van der Waals surface area contributed by atoms with Gasteiger partial charge in [0.05, 0.1) is 19.5 Å². The average molecular weight is 1060 g/mol. The van der Waals surface area contributed by atoms with Gasteiger partial charge in [0, 0.05) is 64.1 Å². The van der Waals surface area contributed by atoms with Crippen LogP contribution >= 0.6 is 61.3 Å². The molecule has 2 saturated heterocycles. The molecule has 6 heterocycles. The lowest BCUT2D eigenvalue weighted by Gasteiger charge is -2.24. The van der Waals surface area contributed by atoms with Gasteiger partial charge in [0.15, 0.2) is 25.5 Å². The normalized spacial score (nSPS) is 15.1. The Morgan fingerprint density at radius 1 is 0.652 bits per heavy atom. The number of thiazole rings is 4. The number of halogens is 1. The van der Waals surface area contributed by atoms with E-state index in [1.807, 2.05) is 129 Å². The van der Waals surface area contributed by atoms with Gasteiger partial charge in [-0.05, 0) is 83.6 Å². The van der Waals surface area contributed by atoms with Crippen molar-refractivity contribution in [3.8, 4) is 48.0 Å². The molecule has 2 atom stereocenters. The number of rotatable bonds is 10. The van der Waals surface area contributed by atoms with Crippen LogP contribution in [0, 0.1) is 23.3 Å². The number of hydrogen-bond donors (Lipinski definition) is 3. The predicted octanol–water partition coefficient (Wildman–Crippen LogP) is 13.5. The highest BCUT2D eigenvalue weighted by Crippen LogP contribution is 2.32. The first-order valence-electron chi connectivity index (χ1n) is 22.5. The van der Waals surface area contributed by atoms with Crippen LogP contribution in [0.4, 0.5) is 20.2 Å². The Morgan fingerprint density at radius 2 is 1.07 bits per heavy atom. The van der Waals surface area contributed by atoms with Gasteiger partial charge in [-0.2, -0.15) is 5.26 Å². The van der Waals surface area contributed by atoms with E-state index in [0.717, 1.165) is 76.0 Å². The van der Waals surface area contributed by atoms with Crippen LogP contribution in [-0.4, -0.2) is 80.7 Å². The monoisotopic (exact) mass is 1060 g/mol. The molecule has 0 saturated carbocycles. The maximum atomic E-state index is 12.1. The fourth-order valence-corrected chi connectivity index (χ4v) is 10.9. The number of benzene rings is 4. The first kappa shape index (κ1) is 50.7. The second-order valence-corrected chi connectivity index (χ2v) is 22.5. The SMILES string of the molecule is Brc1ncc(-c2ccccc2)s1.CC(C)(C)OC(=O)N1CC[C@H](CNc2ncc(-c3ccccc3)s2)C1.N#CN1CC[C@H](CNc2ncc(-c3ccccc3)s2)C1.Nc1ncc(-c2ccccc2)s1. The Balaban J connectivity index is 0.000000142. The highest BCUT2D eigenvalue weighted by Gasteiger charge is 2.30. The Labute approximate surface area is 429 Å². The third-order valence-corrected chi connectivity index (χ3v) is 15.1. The number of likely N-dealkylation sites (tertiary alicyclic amines) is 2. The third-order valence-electron chi connectivity index (χ3n) is 10.7. The number of carbonyl (C=O) groups excluding carboxylic acids is 1. The van der Waals surface area contributed by atoms with E-state index in [1.54, 1.807) is 45.1 Å². The number of ether oxygens (including phenoxy) is 1.